The fourth-order valence-electron chi connectivity index (χ4n) is 3.65. The van der Waals surface area contributed by atoms with E-state index in [2.05, 4.69) is 37.5 Å². The van der Waals surface area contributed by atoms with E-state index in [0.29, 0.717) is 5.41 Å². The average Bonchev–Trinajstić information content (AvgIpc) is 2.62. The Morgan fingerprint density at radius 3 is 2.32 bits per heavy atom. The highest BCUT2D eigenvalue weighted by Gasteiger charge is 2.32. The molecule has 114 valence electrons. The predicted octanol–water partition coefficient (Wildman–Crippen LogP) is 3.62. The second kappa shape index (κ2) is 9.25. The zero-order valence-electron chi connectivity index (χ0n) is 13.5. The minimum Gasteiger partial charge on any atom is -0.319 e. The molecule has 0 amide bonds. The van der Waals surface area contributed by atoms with Gasteiger partial charge >= 0.3 is 0 Å². The normalized spacial score (nSPS) is 21.3. The van der Waals surface area contributed by atoms with Crippen LogP contribution in [-0.4, -0.2) is 50.1 Å². The van der Waals surface area contributed by atoms with Crippen molar-refractivity contribution >= 4 is 11.8 Å². The van der Waals surface area contributed by atoms with Crippen LogP contribution in [0.3, 0.4) is 0 Å². The first-order valence-corrected chi connectivity index (χ1v) is 9.40. The van der Waals surface area contributed by atoms with Crippen molar-refractivity contribution in [3.63, 3.8) is 0 Å². The van der Waals surface area contributed by atoms with Gasteiger partial charge in [0.25, 0.3) is 0 Å². The molecular weight excluding hydrogens is 252 g/mol. The Kier molecular flexibility index (Phi) is 8.43. The molecule has 0 heterocycles. The standard InChI is InChI=1S/C16H34N2S/c1-5-15(12-19-4)18(3)14-16(13-17-2)10-8-6-7-9-11-16/h15,17H,5-14H2,1-4H3. The third-order valence-corrected chi connectivity index (χ3v) is 5.47. The van der Waals surface area contributed by atoms with E-state index in [-0.39, 0.29) is 0 Å². The van der Waals surface area contributed by atoms with Crippen LogP contribution in [0.4, 0.5) is 0 Å². The minimum atomic E-state index is 0.520. The SMILES string of the molecule is CCC(CSC)N(C)CC1(CNC)CCCCCC1. The summed E-state index contributed by atoms with van der Waals surface area (Å²) in [5.41, 5.74) is 0.520. The molecule has 0 radical (unpaired) electrons. The summed E-state index contributed by atoms with van der Waals surface area (Å²) in [7, 11) is 4.46. The van der Waals surface area contributed by atoms with Crippen molar-refractivity contribution in [2.45, 2.75) is 57.9 Å². The molecule has 1 aliphatic carbocycles. The zero-order chi connectivity index (χ0) is 14.1. The molecule has 0 aliphatic heterocycles. The Morgan fingerprint density at radius 1 is 1.21 bits per heavy atom. The summed E-state index contributed by atoms with van der Waals surface area (Å²) in [5.74, 6) is 1.27. The molecule has 0 aromatic rings. The van der Waals surface area contributed by atoms with Gasteiger partial charge in [0.15, 0.2) is 0 Å². The van der Waals surface area contributed by atoms with Gasteiger partial charge in [0.05, 0.1) is 0 Å². The van der Waals surface area contributed by atoms with Gasteiger partial charge < -0.3 is 10.2 Å². The first-order chi connectivity index (χ1) is 9.17. The first-order valence-electron chi connectivity index (χ1n) is 8.01. The van der Waals surface area contributed by atoms with Crippen molar-refractivity contribution in [3.8, 4) is 0 Å². The fourth-order valence-corrected chi connectivity index (χ4v) is 4.53. The highest BCUT2D eigenvalue weighted by Crippen LogP contribution is 2.35. The Balaban J connectivity index is 2.64. The van der Waals surface area contributed by atoms with Crippen LogP contribution in [0.15, 0.2) is 0 Å². The highest BCUT2D eigenvalue weighted by molar-refractivity contribution is 7.98. The lowest BCUT2D eigenvalue weighted by Crippen LogP contribution is -2.46. The number of rotatable bonds is 8. The lowest BCUT2D eigenvalue weighted by molar-refractivity contribution is 0.122. The summed E-state index contributed by atoms with van der Waals surface area (Å²) in [6.45, 7) is 4.79. The van der Waals surface area contributed by atoms with Crippen LogP contribution in [0.1, 0.15) is 51.9 Å². The number of nitrogens with one attached hydrogen (secondary N) is 1. The zero-order valence-corrected chi connectivity index (χ0v) is 14.3. The topological polar surface area (TPSA) is 15.3 Å². The second-order valence-electron chi connectivity index (χ2n) is 6.38. The van der Waals surface area contributed by atoms with E-state index in [1.165, 1.54) is 63.8 Å². The molecule has 1 rings (SSSR count). The van der Waals surface area contributed by atoms with Crippen molar-refractivity contribution in [2.24, 2.45) is 5.41 Å². The van der Waals surface area contributed by atoms with Gasteiger partial charge in [0, 0.05) is 24.9 Å². The van der Waals surface area contributed by atoms with Gasteiger partial charge in [0.2, 0.25) is 0 Å². The average molecular weight is 287 g/mol. The molecule has 0 aromatic carbocycles. The highest BCUT2D eigenvalue weighted by atomic mass is 32.2. The van der Waals surface area contributed by atoms with Gasteiger partial charge in [0.1, 0.15) is 0 Å². The number of hydrogen-bond acceptors (Lipinski definition) is 3. The van der Waals surface area contributed by atoms with Crippen LogP contribution in [0.5, 0.6) is 0 Å². The van der Waals surface area contributed by atoms with Crippen LogP contribution in [0, 0.1) is 5.41 Å². The van der Waals surface area contributed by atoms with Gasteiger partial charge in [-0.1, -0.05) is 32.6 Å². The van der Waals surface area contributed by atoms with Gasteiger partial charge in [-0.2, -0.15) is 11.8 Å². The molecule has 2 nitrogen and oxygen atoms in total. The molecule has 19 heavy (non-hydrogen) atoms. The quantitative estimate of drug-likeness (QED) is 0.686. The summed E-state index contributed by atoms with van der Waals surface area (Å²) in [4.78, 5) is 2.64. The van der Waals surface area contributed by atoms with E-state index >= 15 is 0 Å². The van der Waals surface area contributed by atoms with Crippen molar-refractivity contribution < 1.29 is 0 Å². The van der Waals surface area contributed by atoms with Crippen LogP contribution in [-0.2, 0) is 0 Å². The van der Waals surface area contributed by atoms with Crippen molar-refractivity contribution in [3.05, 3.63) is 0 Å². The van der Waals surface area contributed by atoms with Crippen molar-refractivity contribution in [1.29, 1.82) is 0 Å². The Morgan fingerprint density at radius 2 is 1.84 bits per heavy atom. The van der Waals surface area contributed by atoms with E-state index in [9.17, 15) is 0 Å². The molecular formula is C16H34N2S. The summed E-state index contributed by atoms with van der Waals surface area (Å²) >= 11 is 1.98. The van der Waals surface area contributed by atoms with E-state index in [1.54, 1.807) is 0 Å². The lowest BCUT2D eigenvalue weighted by atomic mass is 9.79. The number of nitrogens with zero attached hydrogens (tertiary/aromatic N) is 1. The summed E-state index contributed by atoms with van der Waals surface area (Å²) in [6, 6.07) is 0.743. The van der Waals surface area contributed by atoms with Gasteiger partial charge in [-0.05, 0) is 45.0 Å². The molecule has 0 bridgehead atoms. The molecule has 1 unspecified atom stereocenters. The lowest BCUT2D eigenvalue weighted by Gasteiger charge is -2.39. The van der Waals surface area contributed by atoms with Crippen LogP contribution < -0.4 is 5.32 Å². The van der Waals surface area contributed by atoms with E-state index in [0.717, 1.165) is 6.04 Å². The maximum Gasteiger partial charge on any atom is 0.0180 e. The van der Waals surface area contributed by atoms with Crippen LogP contribution in [0.2, 0.25) is 0 Å². The van der Waals surface area contributed by atoms with Crippen LogP contribution in [0.25, 0.3) is 0 Å². The van der Waals surface area contributed by atoms with Gasteiger partial charge in [-0.3, -0.25) is 0 Å². The molecule has 1 N–H and O–H groups in total. The monoisotopic (exact) mass is 286 g/mol. The second-order valence-corrected chi connectivity index (χ2v) is 7.29. The molecule has 1 atom stereocenters. The van der Waals surface area contributed by atoms with Crippen molar-refractivity contribution in [2.75, 3.05) is 39.2 Å². The molecule has 0 spiro atoms. The summed E-state index contributed by atoms with van der Waals surface area (Å²) in [5, 5.41) is 3.47. The molecule has 0 aromatic heterocycles. The predicted molar refractivity (Wildman–Crippen MR) is 89.2 cm³/mol. The Hall–Kier alpha value is 0.270. The summed E-state index contributed by atoms with van der Waals surface area (Å²) < 4.78 is 0. The maximum atomic E-state index is 3.47. The number of thioether (sulfide) groups is 1. The largest absolute Gasteiger partial charge is 0.319 e. The molecule has 1 aliphatic rings. The van der Waals surface area contributed by atoms with E-state index in [4.69, 9.17) is 0 Å². The molecule has 3 heteroatoms. The smallest absolute Gasteiger partial charge is 0.0180 e. The third kappa shape index (κ3) is 5.65. The first kappa shape index (κ1) is 17.3. The third-order valence-electron chi connectivity index (χ3n) is 4.75. The number of hydrogen-bond donors (Lipinski definition) is 1. The van der Waals surface area contributed by atoms with Gasteiger partial charge in [-0.15, -0.1) is 0 Å². The Bertz CT molecular complexity index is 225. The molecule has 0 saturated heterocycles. The maximum absolute atomic E-state index is 3.47. The fraction of sp³-hybridized carbons (Fsp3) is 1.00. The Labute approximate surface area is 125 Å². The molecule has 1 saturated carbocycles. The molecule has 1 fully saturated rings. The summed E-state index contributed by atoms with van der Waals surface area (Å²) in [6.07, 6.45) is 12.1. The minimum absolute atomic E-state index is 0.520. The van der Waals surface area contributed by atoms with Gasteiger partial charge in [-0.25, -0.2) is 0 Å². The van der Waals surface area contributed by atoms with Crippen LogP contribution >= 0.6 is 11.8 Å². The van der Waals surface area contributed by atoms with E-state index in [1.807, 2.05) is 11.8 Å². The van der Waals surface area contributed by atoms with Crippen molar-refractivity contribution in [1.82, 2.24) is 10.2 Å². The van der Waals surface area contributed by atoms with E-state index < -0.39 is 0 Å².